The highest BCUT2D eigenvalue weighted by Crippen LogP contribution is 2.54. The number of hydrogen-bond acceptors (Lipinski definition) is 3. The summed E-state index contributed by atoms with van der Waals surface area (Å²) in [7, 11) is -9.17. The van der Waals surface area contributed by atoms with Gasteiger partial charge in [0.15, 0.2) is 5.78 Å². The maximum atomic E-state index is 11.0. The normalized spacial score (nSPS) is 15.2. The average molecular weight is 256 g/mol. The molecule has 0 aliphatic carbocycles. The van der Waals surface area contributed by atoms with Crippen LogP contribution in [0.2, 0.25) is 0 Å². The first-order valence-electron chi connectivity index (χ1n) is 3.79. The van der Waals surface area contributed by atoms with Gasteiger partial charge in [-0.1, -0.05) is 0 Å². The van der Waals surface area contributed by atoms with Crippen molar-refractivity contribution in [2.75, 3.05) is 6.16 Å². The van der Waals surface area contributed by atoms with Gasteiger partial charge in [-0.3, -0.25) is 13.8 Å². The SMILES string of the molecule is O=P(O)(O)CC(n1cccn1)P(=O)(O)O. The molecule has 1 aromatic heterocycles. The van der Waals surface area contributed by atoms with E-state index in [0.29, 0.717) is 0 Å². The minimum atomic E-state index is -4.65. The molecule has 0 amide bonds. The quantitative estimate of drug-likeness (QED) is 0.545. The predicted octanol–water partition coefficient (Wildman–Crippen LogP) is -0.263. The maximum absolute atomic E-state index is 11.0. The van der Waals surface area contributed by atoms with Gasteiger partial charge in [0, 0.05) is 12.4 Å². The number of hydrogen-bond donors (Lipinski definition) is 4. The highest BCUT2D eigenvalue weighted by Gasteiger charge is 2.36. The minimum absolute atomic E-state index is 0.847. The summed E-state index contributed by atoms with van der Waals surface area (Å²) in [6.45, 7) is 0. The third-order valence-corrected chi connectivity index (χ3v) is 3.92. The van der Waals surface area contributed by atoms with E-state index in [1.54, 1.807) is 0 Å². The molecular weight excluding hydrogens is 246 g/mol. The van der Waals surface area contributed by atoms with Gasteiger partial charge in [-0.15, -0.1) is 0 Å². The molecule has 0 bridgehead atoms. The van der Waals surface area contributed by atoms with Crippen LogP contribution in [0.15, 0.2) is 18.5 Å². The van der Waals surface area contributed by atoms with Crippen LogP contribution in [-0.2, 0) is 9.13 Å². The lowest BCUT2D eigenvalue weighted by Gasteiger charge is -2.19. The van der Waals surface area contributed by atoms with Crippen LogP contribution in [-0.4, -0.2) is 35.5 Å². The molecule has 0 aromatic carbocycles. The Labute approximate surface area is 84.9 Å². The van der Waals surface area contributed by atoms with Gasteiger partial charge >= 0.3 is 15.2 Å². The number of aromatic nitrogens is 2. The molecule has 0 spiro atoms. The second-order valence-electron chi connectivity index (χ2n) is 2.90. The van der Waals surface area contributed by atoms with E-state index in [1.165, 1.54) is 18.5 Å². The fourth-order valence-corrected chi connectivity index (χ4v) is 3.54. The molecule has 0 saturated carbocycles. The van der Waals surface area contributed by atoms with Crippen LogP contribution >= 0.6 is 15.2 Å². The van der Waals surface area contributed by atoms with Crippen LogP contribution < -0.4 is 0 Å². The summed E-state index contributed by atoms with van der Waals surface area (Å²) in [5.41, 5.74) is 0. The van der Waals surface area contributed by atoms with E-state index >= 15 is 0 Å². The second kappa shape index (κ2) is 4.17. The number of rotatable bonds is 4. The summed E-state index contributed by atoms with van der Waals surface area (Å²) in [6, 6.07) is 1.41. The van der Waals surface area contributed by atoms with Crippen molar-refractivity contribution in [1.82, 2.24) is 9.78 Å². The van der Waals surface area contributed by atoms with E-state index in [1.807, 2.05) is 0 Å². The molecular formula is C5H10N2O6P2. The zero-order chi connectivity index (χ0) is 11.7. The molecule has 1 aromatic rings. The van der Waals surface area contributed by atoms with Gasteiger partial charge in [0.05, 0.1) is 6.16 Å². The Morgan fingerprint density at radius 2 is 1.87 bits per heavy atom. The van der Waals surface area contributed by atoms with Crippen molar-refractivity contribution in [3.8, 4) is 0 Å². The Bertz CT molecular complexity index is 405. The molecule has 1 heterocycles. The first-order valence-corrected chi connectivity index (χ1v) is 7.27. The van der Waals surface area contributed by atoms with Crippen LogP contribution in [0.5, 0.6) is 0 Å². The summed E-state index contributed by atoms with van der Waals surface area (Å²) in [6.07, 6.45) is 1.56. The molecule has 86 valence electrons. The molecule has 0 aliphatic rings. The van der Waals surface area contributed by atoms with Gasteiger partial charge in [-0.2, -0.15) is 5.10 Å². The van der Waals surface area contributed by atoms with Crippen LogP contribution in [0.25, 0.3) is 0 Å². The molecule has 0 aliphatic heterocycles. The van der Waals surface area contributed by atoms with Crippen molar-refractivity contribution < 1.29 is 28.7 Å². The molecule has 0 fully saturated rings. The van der Waals surface area contributed by atoms with Gasteiger partial charge < -0.3 is 19.6 Å². The number of nitrogens with zero attached hydrogens (tertiary/aromatic N) is 2. The second-order valence-corrected chi connectivity index (χ2v) is 6.37. The molecule has 15 heavy (non-hydrogen) atoms. The topological polar surface area (TPSA) is 133 Å². The molecule has 1 atom stereocenters. The Balaban J connectivity index is 3.01. The van der Waals surface area contributed by atoms with E-state index < -0.39 is 27.1 Å². The van der Waals surface area contributed by atoms with Gasteiger partial charge in [-0.05, 0) is 6.07 Å². The highest BCUT2D eigenvalue weighted by atomic mass is 31.2. The first kappa shape index (κ1) is 12.6. The summed E-state index contributed by atoms with van der Waals surface area (Å²) >= 11 is 0. The molecule has 1 rings (SSSR count). The van der Waals surface area contributed by atoms with E-state index in [-0.39, 0.29) is 0 Å². The Morgan fingerprint density at radius 3 is 2.20 bits per heavy atom. The van der Waals surface area contributed by atoms with Gasteiger partial charge in [0.2, 0.25) is 0 Å². The lowest BCUT2D eigenvalue weighted by molar-refractivity contribution is 0.325. The monoisotopic (exact) mass is 256 g/mol. The Morgan fingerprint density at radius 1 is 1.27 bits per heavy atom. The third-order valence-electron chi connectivity index (χ3n) is 1.62. The van der Waals surface area contributed by atoms with Crippen molar-refractivity contribution in [1.29, 1.82) is 0 Å². The molecule has 4 N–H and O–H groups in total. The average Bonchev–Trinajstić information content (AvgIpc) is 2.47. The van der Waals surface area contributed by atoms with Crippen molar-refractivity contribution in [3.63, 3.8) is 0 Å². The van der Waals surface area contributed by atoms with Crippen LogP contribution in [0.4, 0.5) is 0 Å². The third kappa shape index (κ3) is 3.87. The summed E-state index contributed by atoms with van der Waals surface area (Å²) < 4.78 is 22.5. The fraction of sp³-hybridized carbons (Fsp3) is 0.400. The lowest BCUT2D eigenvalue weighted by Crippen LogP contribution is -2.14. The van der Waals surface area contributed by atoms with Crippen LogP contribution in [0.1, 0.15) is 5.78 Å². The summed E-state index contributed by atoms with van der Waals surface area (Å²) in [4.78, 5) is 35.2. The molecule has 10 heteroatoms. The van der Waals surface area contributed by atoms with E-state index in [2.05, 4.69) is 5.10 Å². The minimum Gasteiger partial charge on any atom is -0.324 e. The molecule has 8 nitrogen and oxygen atoms in total. The summed E-state index contributed by atoms with van der Waals surface area (Å²) in [5.74, 6) is -1.63. The summed E-state index contributed by atoms with van der Waals surface area (Å²) in [5, 5.41) is 3.55. The standard InChI is InChI=1S/C5H10N2O6P2/c8-14(9,10)4-5(15(11,12)13)7-3-1-2-6-7/h1-3,5H,4H2,(H2,8,9,10)(H2,11,12,13). The largest absolute Gasteiger partial charge is 0.350 e. The molecule has 0 saturated heterocycles. The molecule has 1 unspecified atom stereocenters. The van der Waals surface area contributed by atoms with Crippen molar-refractivity contribution in [3.05, 3.63) is 18.5 Å². The van der Waals surface area contributed by atoms with Crippen molar-refractivity contribution in [2.45, 2.75) is 5.78 Å². The smallest absolute Gasteiger partial charge is 0.324 e. The van der Waals surface area contributed by atoms with Crippen molar-refractivity contribution in [2.24, 2.45) is 0 Å². The van der Waals surface area contributed by atoms with Gasteiger partial charge in [0.25, 0.3) is 0 Å². The maximum Gasteiger partial charge on any atom is 0.350 e. The van der Waals surface area contributed by atoms with Gasteiger partial charge in [0.1, 0.15) is 0 Å². The molecule has 0 radical (unpaired) electrons. The zero-order valence-electron chi connectivity index (χ0n) is 7.41. The highest BCUT2D eigenvalue weighted by molar-refractivity contribution is 7.56. The lowest BCUT2D eigenvalue weighted by atomic mass is 10.7. The fourth-order valence-electron chi connectivity index (χ4n) is 1.01. The predicted molar refractivity (Wildman–Crippen MR) is 50.2 cm³/mol. The zero-order valence-corrected chi connectivity index (χ0v) is 9.20. The van der Waals surface area contributed by atoms with E-state index in [4.69, 9.17) is 19.6 Å². The first-order chi connectivity index (χ1) is 6.70. The Kier molecular flexibility index (Phi) is 3.50. The van der Waals surface area contributed by atoms with Gasteiger partial charge in [-0.25, -0.2) is 0 Å². The van der Waals surface area contributed by atoms with Crippen LogP contribution in [0.3, 0.4) is 0 Å². The van der Waals surface area contributed by atoms with E-state index in [9.17, 15) is 9.13 Å². The Hall–Kier alpha value is -0.490. The van der Waals surface area contributed by atoms with Crippen molar-refractivity contribution >= 4 is 15.2 Å². The van der Waals surface area contributed by atoms with E-state index in [0.717, 1.165) is 4.68 Å². The van der Waals surface area contributed by atoms with Crippen LogP contribution in [0, 0.1) is 0 Å².